The maximum Gasteiger partial charge on any atom is 0.251 e. The van der Waals surface area contributed by atoms with Crippen LogP contribution in [0.25, 0.3) is 66.6 Å². The molecule has 0 aliphatic carbocycles. The quantitative estimate of drug-likeness (QED) is 0.0179. The van der Waals surface area contributed by atoms with Gasteiger partial charge < -0.3 is 32.7 Å². The molecule has 0 aliphatic rings. The Morgan fingerprint density at radius 1 is 0.415 bits per heavy atom. The van der Waals surface area contributed by atoms with Crippen LogP contribution in [0.5, 0.6) is 0 Å². The first-order valence-electron chi connectivity index (χ1n) is 29.2. The van der Waals surface area contributed by atoms with E-state index < -0.39 is 0 Å². The average molecular weight is 1090 g/mol. The van der Waals surface area contributed by atoms with Gasteiger partial charge in [-0.15, -0.1) is 9.13 Å². The number of carbonyl (C=O) groups excluding carboxylic acids is 2. The molecule has 0 unspecified atom stereocenters. The van der Waals surface area contributed by atoms with Crippen LogP contribution in [0.15, 0.2) is 133 Å². The molecule has 0 atom stereocenters. The second-order valence-electron chi connectivity index (χ2n) is 22.2. The van der Waals surface area contributed by atoms with E-state index in [0.717, 1.165) is 198 Å². The van der Waals surface area contributed by atoms with Crippen molar-refractivity contribution in [2.75, 3.05) is 48.3 Å². The fourth-order valence-corrected chi connectivity index (χ4v) is 11.5. The number of rotatable bonds is 21. The lowest BCUT2D eigenvalue weighted by Gasteiger charge is -2.15. The zero-order valence-electron chi connectivity index (χ0n) is 48.9. The van der Waals surface area contributed by atoms with E-state index >= 15 is 0 Å². The molecule has 12 heteroatoms. The summed E-state index contributed by atoms with van der Waals surface area (Å²) < 4.78 is 4.62. The second kappa shape index (κ2) is 24.9. The summed E-state index contributed by atoms with van der Waals surface area (Å²) in [4.78, 5) is 36.6. The van der Waals surface area contributed by atoms with E-state index in [1.165, 1.54) is 0 Å². The van der Waals surface area contributed by atoms with Crippen LogP contribution in [0.2, 0.25) is 0 Å². The predicted molar refractivity (Wildman–Crippen MR) is 339 cm³/mol. The van der Waals surface area contributed by atoms with E-state index in [1.807, 2.05) is 60.7 Å². The number of nitrogens with two attached hydrogens (primary N) is 2. The van der Waals surface area contributed by atoms with Gasteiger partial charge in [0.2, 0.25) is 33.4 Å². The number of hydrogen-bond acceptors (Lipinski definition) is 8. The van der Waals surface area contributed by atoms with Gasteiger partial charge in [0, 0.05) is 108 Å². The summed E-state index contributed by atoms with van der Waals surface area (Å²) in [5.41, 5.74) is 39.2. The van der Waals surface area contributed by atoms with Gasteiger partial charge in [0.25, 0.3) is 11.8 Å². The smallest absolute Gasteiger partial charge is 0.251 e. The highest BCUT2D eigenvalue weighted by Crippen LogP contribution is 2.34. The first kappa shape index (κ1) is 56.4. The molecule has 10 aromatic rings. The molecule has 12 nitrogen and oxygen atoms in total. The number of nitrogen functional groups attached to an aromatic ring is 2. The molecule has 0 saturated heterocycles. The van der Waals surface area contributed by atoms with Crippen LogP contribution >= 0.6 is 0 Å². The molecular weight excluding hydrogens is 1010 g/mol. The van der Waals surface area contributed by atoms with Crippen molar-refractivity contribution in [3.8, 4) is 22.5 Å². The highest BCUT2D eigenvalue weighted by Gasteiger charge is 2.28. The van der Waals surface area contributed by atoms with E-state index in [1.54, 1.807) is 0 Å². The van der Waals surface area contributed by atoms with Gasteiger partial charge >= 0.3 is 0 Å². The number of para-hydroxylation sites is 2. The van der Waals surface area contributed by atoms with E-state index in [2.05, 4.69) is 159 Å². The zero-order valence-corrected chi connectivity index (χ0v) is 48.9. The Morgan fingerprint density at radius 3 is 1.13 bits per heavy atom. The molecule has 2 amide bonds. The molecule has 0 radical (unpaired) electrons. The highest BCUT2D eigenvalue weighted by atomic mass is 16.2. The summed E-state index contributed by atoms with van der Waals surface area (Å²) in [7, 11) is 0. The van der Waals surface area contributed by atoms with Crippen molar-refractivity contribution in [3.63, 3.8) is 0 Å². The van der Waals surface area contributed by atoms with Crippen molar-refractivity contribution in [1.82, 2.24) is 20.6 Å². The van der Waals surface area contributed by atoms with Crippen LogP contribution in [0.4, 0.5) is 22.7 Å². The van der Waals surface area contributed by atoms with E-state index in [9.17, 15) is 9.59 Å². The van der Waals surface area contributed by atoms with Crippen molar-refractivity contribution >= 4 is 78.7 Å². The van der Waals surface area contributed by atoms with Crippen molar-refractivity contribution in [2.45, 2.75) is 107 Å². The molecule has 0 fully saturated rings. The molecule has 0 bridgehead atoms. The summed E-state index contributed by atoms with van der Waals surface area (Å²) in [5.74, 6) is -0.150. The van der Waals surface area contributed by atoms with Gasteiger partial charge in [-0.1, -0.05) is 86.3 Å². The summed E-state index contributed by atoms with van der Waals surface area (Å²) >= 11 is 0. The van der Waals surface area contributed by atoms with Crippen LogP contribution < -0.4 is 41.9 Å². The molecule has 82 heavy (non-hydrogen) atoms. The minimum atomic E-state index is -0.0750. The zero-order chi connectivity index (χ0) is 57.6. The Hall–Kier alpha value is -8.90. The fraction of sp³-hybridized carbons (Fsp3) is 0.286. The molecule has 0 spiro atoms. The van der Waals surface area contributed by atoms with Gasteiger partial charge in [0.05, 0.1) is 0 Å². The number of aromatic nitrogens is 4. The standard InChI is InChI=1S/C70H76N10O2/c1-43-39-59-61(79(55-23-15-13-16-24-55)67-49(7)63(71)45(3)47(5)65(67)77-59)41-57(43)73-35-19-9-11-21-37-75-69(81)53-31-27-51(28-32-53)52-29-33-54(34-30-52)70(82)76-38-22-12-10-20-36-74-58-42-62-60(40-44(58)2)78-66-48(6)46(4)64(72)50(8)68(66)80(62)56-25-17-14-18-26-56/h13-18,23-34,39-42H,9-12,19-22,35-38H2,1-8H3,(H6,71,72,73,74,75,76,81,82)/p+2. The maximum atomic E-state index is 13.1. The third-order valence-electron chi connectivity index (χ3n) is 16.7. The molecule has 0 aliphatic heterocycles. The number of nitrogens with zero attached hydrogens (tertiary/aromatic N) is 4. The maximum absolute atomic E-state index is 13.1. The summed E-state index contributed by atoms with van der Waals surface area (Å²) in [6, 6.07) is 45.0. The SMILES string of the molecule is Cc1cc2nc3c(C)c(C)c(N)c(C)c3[n+](-c3ccccc3)c2cc1NCCCCCCNC(=O)c1ccc(-c2ccc(C(=O)NCCCCCCNc3cc4c(cc3C)nc3c(C)c(C)c(N)c(C)c3[n+]4-c3ccccc3)cc2)cc1. The number of amides is 2. The minimum Gasteiger partial charge on any atom is -0.398 e. The number of anilines is 4. The number of benzene rings is 8. The van der Waals surface area contributed by atoms with Gasteiger partial charge in [0.15, 0.2) is 0 Å². The minimum absolute atomic E-state index is 0.0750. The monoisotopic (exact) mass is 1090 g/mol. The van der Waals surface area contributed by atoms with E-state index in [-0.39, 0.29) is 11.8 Å². The molecule has 10 rings (SSSR count). The number of hydrogen-bond donors (Lipinski definition) is 6. The molecule has 2 heterocycles. The van der Waals surface area contributed by atoms with E-state index in [0.29, 0.717) is 24.2 Å². The molecule has 8 N–H and O–H groups in total. The van der Waals surface area contributed by atoms with Crippen LogP contribution in [-0.2, 0) is 0 Å². The Balaban J connectivity index is 0.635. The Bertz CT molecular complexity index is 3750. The van der Waals surface area contributed by atoms with Crippen LogP contribution in [-0.4, -0.2) is 48.0 Å². The molecular formula is C70H78N10O2+2. The summed E-state index contributed by atoms with van der Waals surface area (Å²) in [6.45, 7) is 19.8. The number of aryl methyl sites for hydroxylation is 6. The molecule has 2 aromatic heterocycles. The van der Waals surface area contributed by atoms with Gasteiger partial charge in [0.1, 0.15) is 22.1 Å². The Kier molecular flexibility index (Phi) is 17.1. The van der Waals surface area contributed by atoms with Crippen LogP contribution in [0.3, 0.4) is 0 Å². The first-order chi connectivity index (χ1) is 39.7. The van der Waals surface area contributed by atoms with Crippen molar-refractivity contribution in [3.05, 3.63) is 189 Å². The lowest BCUT2D eigenvalue weighted by Crippen LogP contribution is -2.34. The second-order valence-corrected chi connectivity index (χ2v) is 22.2. The van der Waals surface area contributed by atoms with Gasteiger partial charge in [-0.3, -0.25) is 9.59 Å². The Labute approximate surface area is 482 Å². The van der Waals surface area contributed by atoms with Gasteiger partial charge in [-0.25, -0.2) is 9.97 Å². The third-order valence-corrected chi connectivity index (χ3v) is 16.7. The molecule has 0 saturated carbocycles. The highest BCUT2D eigenvalue weighted by molar-refractivity contribution is 5.96. The number of fused-ring (bicyclic) bond motifs is 4. The van der Waals surface area contributed by atoms with Crippen LogP contribution in [0.1, 0.15) is 117 Å². The number of unbranched alkanes of at least 4 members (excludes halogenated alkanes) is 6. The van der Waals surface area contributed by atoms with Crippen molar-refractivity contribution in [2.24, 2.45) is 0 Å². The number of nitrogens with one attached hydrogen (secondary N) is 4. The van der Waals surface area contributed by atoms with E-state index in [4.69, 9.17) is 21.4 Å². The van der Waals surface area contributed by atoms with Crippen molar-refractivity contribution in [1.29, 1.82) is 0 Å². The normalized spacial score (nSPS) is 11.5. The lowest BCUT2D eigenvalue weighted by atomic mass is 9.99. The number of carbonyl (C=O) groups is 2. The molecule has 418 valence electrons. The average Bonchev–Trinajstić information content (AvgIpc) is 2.90. The van der Waals surface area contributed by atoms with Gasteiger partial charge in [-0.2, -0.15) is 0 Å². The van der Waals surface area contributed by atoms with Crippen molar-refractivity contribution < 1.29 is 18.7 Å². The fourth-order valence-electron chi connectivity index (χ4n) is 11.5. The summed E-state index contributed by atoms with van der Waals surface area (Å²) in [5, 5.41) is 13.6. The summed E-state index contributed by atoms with van der Waals surface area (Å²) in [6.07, 6.45) is 7.98. The molecule has 8 aromatic carbocycles. The first-order valence-corrected chi connectivity index (χ1v) is 29.2. The predicted octanol–water partition coefficient (Wildman–Crippen LogP) is 13.7. The Morgan fingerprint density at radius 2 is 0.768 bits per heavy atom. The van der Waals surface area contributed by atoms with Gasteiger partial charge in [-0.05, 0) is 162 Å². The van der Waals surface area contributed by atoms with Crippen LogP contribution in [0, 0.1) is 55.4 Å². The topological polar surface area (TPSA) is 168 Å². The lowest BCUT2D eigenvalue weighted by molar-refractivity contribution is -0.538. The largest absolute Gasteiger partial charge is 0.398 e. The third kappa shape index (κ3) is 11.7.